The number of rotatable bonds is 32. The van der Waals surface area contributed by atoms with Crippen molar-refractivity contribution in [2.24, 2.45) is 0 Å². The molecule has 24 heteroatoms. The Kier molecular flexibility index (Phi) is 27.9. The SMILES string of the molecule is CC[C@@H](NC(=O)CCOCCOCCOCCOCCOCCC(=O)NCCC(=O)N1Cc2ccccc2-c2c(nnn2CCCNC(=O)CN2CCN(C)CCN(C)CCN(CC(=O)O)CC2)-c2ccccc21)C(=O)O. The number of para-hydroxylation sites is 1. The largest absolute Gasteiger partial charge is 0.480 e. The third-order valence-corrected chi connectivity index (χ3v) is 13.0. The Morgan fingerprint density at radius 3 is 1.73 bits per heavy atom. The number of hydrogen-bond acceptors (Lipinski definition) is 17. The van der Waals surface area contributed by atoms with Crippen molar-refractivity contribution in [3.8, 4) is 22.5 Å². The lowest BCUT2D eigenvalue weighted by atomic mass is 9.95. The molecule has 1 atom stereocenters. The highest BCUT2D eigenvalue weighted by atomic mass is 16.6. The third-order valence-electron chi connectivity index (χ3n) is 13.0. The predicted octanol–water partition coefficient (Wildman–Crippen LogP) is 0.880. The molecule has 2 aliphatic heterocycles. The summed E-state index contributed by atoms with van der Waals surface area (Å²) >= 11 is 0. The van der Waals surface area contributed by atoms with Crippen LogP contribution in [0.3, 0.4) is 0 Å². The van der Waals surface area contributed by atoms with Gasteiger partial charge in [-0.3, -0.25) is 33.8 Å². The molecule has 1 saturated heterocycles. The molecule has 0 saturated carbocycles. The number of nitrogens with one attached hydrogen (secondary N) is 3. The van der Waals surface area contributed by atoms with Crippen molar-refractivity contribution in [1.82, 2.24) is 50.5 Å². The van der Waals surface area contributed by atoms with Crippen LogP contribution >= 0.6 is 0 Å². The van der Waals surface area contributed by atoms with Gasteiger partial charge in [0.15, 0.2) is 0 Å². The lowest BCUT2D eigenvalue weighted by molar-refractivity contribution is -0.142. The minimum Gasteiger partial charge on any atom is -0.480 e. The molecule has 24 nitrogen and oxygen atoms in total. The highest BCUT2D eigenvalue weighted by Gasteiger charge is 2.29. The molecule has 1 aromatic heterocycles. The number of hydrogen-bond donors (Lipinski definition) is 5. The van der Waals surface area contributed by atoms with E-state index in [1.54, 1.807) is 11.8 Å². The van der Waals surface area contributed by atoms with E-state index in [0.717, 1.165) is 48.6 Å². The fourth-order valence-electron chi connectivity index (χ4n) is 8.56. The van der Waals surface area contributed by atoms with E-state index in [1.165, 1.54) is 0 Å². The first-order valence-corrected chi connectivity index (χ1v) is 26.7. The van der Waals surface area contributed by atoms with Gasteiger partial charge in [-0.2, -0.15) is 0 Å². The average molecular weight is 1080 g/mol. The number of likely N-dealkylation sites (N-methyl/N-ethyl adjacent to an activating group) is 2. The van der Waals surface area contributed by atoms with Crippen molar-refractivity contribution in [3.05, 3.63) is 54.1 Å². The number of carbonyl (C=O) groups excluding carboxylic acids is 4. The zero-order valence-corrected chi connectivity index (χ0v) is 45.2. The zero-order chi connectivity index (χ0) is 55.2. The standard InChI is InChI=1S/C53H81N11O13/c1-4-44(53(71)72)56-47(66)16-29-74-31-33-76-35-37-77-36-34-75-32-30-73-28-15-46(65)55-18-14-49(68)63-38-41-10-5-6-11-42(41)52-51(43-12-7-8-13-45(43)63)57-58-64(52)19-9-17-54-48(67)39-61-24-22-59(2)20-21-60(3)23-25-62(27-26-61)40-50(69)70/h5-8,10-13,44H,4,9,14-40H2,1-3H3,(H,54,67)(H,55,65)(H,56,66)(H,69,70)(H,71,72)/t44-/m1/s1. The highest BCUT2D eigenvalue weighted by molar-refractivity contribution is 6.00. The Morgan fingerprint density at radius 2 is 1.13 bits per heavy atom. The van der Waals surface area contributed by atoms with Gasteiger partial charge in [-0.15, -0.1) is 5.10 Å². The van der Waals surface area contributed by atoms with Crippen LogP contribution in [0.15, 0.2) is 48.5 Å². The van der Waals surface area contributed by atoms with E-state index in [4.69, 9.17) is 28.8 Å². The van der Waals surface area contributed by atoms with E-state index in [2.05, 4.69) is 55.1 Å². The number of fused-ring (bicyclic) bond motifs is 5. The molecule has 0 aliphatic carbocycles. The van der Waals surface area contributed by atoms with Crippen molar-refractivity contribution >= 4 is 41.3 Å². The molecule has 0 spiro atoms. The fourth-order valence-corrected chi connectivity index (χ4v) is 8.56. The van der Waals surface area contributed by atoms with Crippen molar-refractivity contribution < 1.29 is 62.7 Å². The van der Waals surface area contributed by atoms with Gasteiger partial charge < -0.3 is 64.5 Å². The third kappa shape index (κ3) is 22.5. The topological polar surface area (TPSA) is 272 Å². The molecular formula is C53H81N11O13. The number of anilines is 1. The quantitative estimate of drug-likeness (QED) is 0.0543. The van der Waals surface area contributed by atoms with Crippen molar-refractivity contribution in [2.75, 3.05) is 164 Å². The van der Waals surface area contributed by atoms with E-state index in [0.29, 0.717) is 116 Å². The molecule has 1 fully saturated rings. The maximum absolute atomic E-state index is 14.0. The first kappa shape index (κ1) is 61.9. The number of benzene rings is 2. The van der Waals surface area contributed by atoms with Crippen LogP contribution in [0.2, 0.25) is 0 Å². The smallest absolute Gasteiger partial charge is 0.326 e. The Morgan fingerprint density at radius 1 is 0.610 bits per heavy atom. The Labute approximate surface area is 451 Å². The first-order valence-electron chi connectivity index (χ1n) is 26.7. The van der Waals surface area contributed by atoms with Crippen LogP contribution in [0.4, 0.5) is 5.69 Å². The van der Waals surface area contributed by atoms with E-state index in [9.17, 15) is 33.9 Å². The second-order valence-corrected chi connectivity index (χ2v) is 18.9. The summed E-state index contributed by atoms with van der Waals surface area (Å²) in [6, 6.07) is 14.6. The number of aliphatic carboxylic acids is 2. The van der Waals surface area contributed by atoms with Crippen LogP contribution < -0.4 is 20.9 Å². The van der Waals surface area contributed by atoms with E-state index >= 15 is 0 Å². The maximum atomic E-state index is 14.0. The number of aryl methyl sites for hydroxylation is 1. The van der Waals surface area contributed by atoms with Gasteiger partial charge >= 0.3 is 11.9 Å². The Hall–Kier alpha value is -5.96. The van der Waals surface area contributed by atoms with Crippen LogP contribution in [0, 0.1) is 0 Å². The molecule has 5 rings (SSSR count). The number of carboxylic acid groups (broad SMARTS) is 2. The van der Waals surface area contributed by atoms with E-state index < -0.39 is 18.0 Å². The van der Waals surface area contributed by atoms with Crippen LogP contribution in [0.1, 0.15) is 44.6 Å². The number of carbonyl (C=O) groups is 6. The van der Waals surface area contributed by atoms with Crippen LogP contribution in [-0.2, 0) is 65.5 Å². The molecule has 2 aromatic carbocycles. The van der Waals surface area contributed by atoms with E-state index in [1.807, 2.05) is 58.1 Å². The number of carboxylic acids is 2. The lowest BCUT2D eigenvalue weighted by Crippen LogP contribution is -2.47. The molecule has 0 radical (unpaired) electrons. The molecule has 4 amide bonds. The summed E-state index contributed by atoms with van der Waals surface area (Å²) < 4.78 is 29.2. The molecule has 2 aliphatic rings. The van der Waals surface area contributed by atoms with E-state index in [-0.39, 0.29) is 82.3 Å². The molecule has 426 valence electrons. The minimum atomic E-state index is -1.07. The number of ether oxygens (including phenoxy) is 5. The summed E-state index contributed by atoms with van der Waals surface area (Å²) in [6.45, 7) is 12.0. The second kappa shape index (κ2) is 34.7. The van der Waals surface area contributed by atoms with Gasteiger partial charge in [0, 0.05) is 102 Å². The summed E-state index contributed by atoms with van der Waals surface area (Å²) in [7, 11) is 4.13. The average Bonchev–Trinajstić information content (AvgIpc) is 3.84. The van der Waals surface area contributed by atoms with Gasteiger partial charge in [-0.25, -0.2) is 9.48 Å². The summed E-state index contributed by atoms with van der Waals surface area (Å²) in [5.41, 5.74) is 4.70. The lowest BCUT2D eigenvalue weighted by Gasteiger charge is -2.31. The molecule has 0 bridgehead atoms. The van der Waals surface area contributed by atoms with Crippen molar-refractivity contribution in [2.45, 2.75) is 58.2 Å². The molecule has 77 heavy (non-hydrogen) atoms. The van der Waals surface area contributed by atoms with Crippen LogP contribution in [-0.4, -0.2) is 245 Å². The van der Waals surface area contributed by atoms with Gasteiger partial charge in [0.05, 0.1) is 97.1 Å². The van der Waals surface area contributed by atoms with Gasteiger partial charge in [0.25, 0.3) is 0 Å². The summed E-state index contributed by atoms with van der Waals surface area (Å²) in [5, 5.41) is 36.1. The minimum absolute atomic E-state index is 0.0412. The van der Waals surface area contributed by atoms with Gasteiger partial charge in [-0.1, -0.05) is 54.6 Å². The number of amides is 4. The molecule has 3 heterocycles. The second-order valence-electron chi connectivity index (χ2n) is 18.9. The first-order chi connectivity index (χ1) is 37.3. The Balaban J connectivity index is 0.984. The predicted molar refractivity (Wildman–Crippen MR) is 286 cm³/mol. The molecule has 5 N–H and O–H groups in total. The number of aromatic nitrogens is 3. The van der Waals surface area contributed by atoms with Gasteiger partial charge in [-0.05, 0) is 38.6 Å². The van der Waals surface area contributed by atoms with Crippen LogP contribution in [0.5, 0.6) is 0 Å². The number of nitrogens with zero attached hydrogens (tertiary/aromatic N) is 8. The summed E-state index contributed by atoms with van der Waals surface area (Å²) in [4.78, 5) is 84.6. The highest BCUT2D eigenvalue weighted by Crippen LogP contribution is 2.41. The summed E-state index contributed by atoms with van der Waals surface area (Å²) in [5.74, 6) is -2.80. The molecule has 0 unspecified atom stereocenters. The monoisotopic (exact) mass is 1080 g/mol. The normalized spacial score (nSPS) is 15.4. The molecule has 3 aromatic rings. The molecular weight excluding hydrogens is 999 g/mol. The fraction of sp³-hybridized carbons (Fsp3) is 0.623. The van der Waals surface area contributed by atoms with Crippen molar-refractivity contribution in [3.63, 3.8) is 0 Å². The zero-order valence-electron chi connectivity index (χ0n) is 45.2. The van der Waals surface area contributed by atoms with Crippen molar-refractivity contribution in [1.29, 1.82) is 0 Å². The van der Waals surface area contributed by atoms with Crippen LogP contribution in [0.25, 0.3) is 22.5 Å². The maximum Gasteiger partial charge on any atom is 0.326 e. The summed E-state index contributed by atoms with van der Waals surface area (Å²) in [6.07, 6.45) is 1.16. The Bertz CT molecular complexity index is 2300. The van der Waals surface area contributed by atoms with Gasteiger partial charge in [0.2, 0.25) is 23.6 Å². The van der Waals surface area contributed by atoms with Gasteiger partial charge in [0.1, 0.15) is 11.7 Å².